The lowest BCUT2D eigenvalue weighted by Gasteiger charge is -2.36. The molecule has 0 atom stereocenters. The molecule has 0 saturated carbocycles. The lowest BCUT2D eigenvalue weighted by atomic mass is 10.0. The molecule has 40 heavy (non-hydrogen) atoms. The maximum Gasteiger partial charge on any atom is 0.237 e. The van der Waals surface area contributed by atoms with Crippen molar-refractivity contribution in [2.75, 3.05) is 53.6 Å². The van der Waals surface area contributed by atoms with E-state index < -0.39 is 14.8 Å². The second-order valence-electron chi connectivity index (χ2n) is 11.7. The van der Waals surface area contributed by atoms with Crippen LogP contribution in [0, 0.1) is 5.82 Å². The van der Waals surface area contributed by atoms with Crippen LogP contribution >= 0.6 is 0 Å². The van der Waals surface area contributed by atoms with E-state index in [1.807, 2.05) is 35.2 Å². The maximum absolute atomic E-state index is 15.1. The monoisotopic (exact) mass is 567 g/mol. The van der Waals surface area contributed by atoms with Crippen molar-refractivity contribution in [2.24, 2.45) is 0 Å². The predicted molar refractivity (Wildman–Crippen MR) is 160 cm³/mol. The van der Waals surface area contributed by atoms with Crippen molar-refractivity contribution in [3.63, 3.8) is 0 Å². The summed E-state index contributed by atoms with van der Waals surface area (Å²) in [5.74, 6) is 0.842. The van der Waals surface area contributed by atoms with Crippen LogP contribution in [0.25, 0.3) is 0 Å². The first-order valence-corrected chi connectivity index (χ1v) is 15.1. The summed E-state index contributed by atoms with van der Waals surface area (Å²) in [5.41, 5.74) is 3.51. The van der Waals surface area contributed by atoms with Gasteiger partial charge in [-0.1, -0.05) is 6.07 Å². The molecule has 2 N–H and O–H groups in total. The Hall–Kier alpha value is -3.44. The summed E-state index contributed by atoms with van der Waals surface area (Å²) in [5, 5.41) is 3.15. The van der Waals surface area contributed by atoms with Crippen LogP contribution in [-0.4, -0.2) is 67.8 Å². The first-order chi connectivity index (χ1) is 18.9. The van der Waals surface area contributed by atoms with Crippen molar-refractivity contribution in [3.05, 3.63) is 60.0 Å². The number of fused-ring (bicyclic) bond motifs is 1. The number of anilines is 6. The summed E-state index contributed by atoms with van der Waals surface area (Å²) in [6.07, 6.45) is 4.58. The van der Waals surface area contributed by atoms with E-state index in [-0.39, 0.29) is 5.82 Å². The number of halogens is 1. The van der Waals surface area contributed by atoms with Crippen molar-refractivity contribution >= 4 is 44.5 Å². The zero-order valence-electron chi connectivity index (χ0n) is 23.8. The van der Waals surface area contributed by atoms with Gasteiger partial charge in [0.15, 0.2) is 0 Å². The molecular weight excluding hydrogens is 529 g/mol. The highest BCUT2D eigenvalue weighted by Crippen LogP contribution is 2.35. The smallest absolute Gasteiger partial charge is 0.237 e. The van der Waals surface area contributed by atoms with Gasteiger partial charge in [0.2, 0.25) is 16.0 Å². The summed E-state index contributed by atoms with van der Waals surface area (Å²) < 4.78 is 42.2. The Morgan fingerprint density at radius 1 is 1.02 bits per heavy atom. The highest BCUT2D eigenvalue weighted by molar-refractivity contribution is 7.94. The summed E-state index contributed by atoms with van der Waals surface area (Å²) in [6.45, 7) is 7.33. The molecule has 9 nitrogen and oxygen atoms in total. The standard InChI is InChI=1S/C29H38FN7O2S/c1-29(2,3)40(38,39)34-22-7-6-8-24(17-22)37-16-11-20-19-31-28(33-27(20)37)32-21-9-10-26(25(30)18-21)36-14-12-23(13-15-36)35(4)5/h6-10,17-19,23,34H,11-16H2,1-5H3,(H,31,32,33). The van der Waals surface area contributed by atoms with Crippen LogP contribution in [0.2, 0.25) is 0 Å². The second kappa shape index (κ2) is 10.9. The fourth-order valence-corrected chi connectivity index (χ4v) is 5.84. The number of sulfonamides is 1. The molecule has 214 valence electrons. The van der Waals surface area contributed by atoms with Gasteiger partial charge < -0.3 is 20.0 Å². The van der Waals surface area contributed by atoms with Crippen molar-refractivity contribution in [1.29, 1.82) is 0 Å². The van der Waals surface area contributed by atoms with Crippen molar-refractivity contribution < 1.29 is 12.8 Å². The average molecular weight is 568 g/mol. The lowest BCUT2D eigenvalue weighted by molar-refractivity contribution is 0.249. The molecular formula is C29H38FN7O2S. The van der Waals surface area contributed by atoms with E-state index in [2.05, 4.69) is 38.9 Å². The van der Waals surface area contributed by atoms with Crippen LogP contribution in [0.4, 0.5) is 38.9 Å². The molecule has 1 aromatic heterocycles. The molecule has 1 saturated heterocycles. The van der Waals surface area contributed by atoms with E-state index in [4.69, 9.17) is 4.98 Å². The molecule has 0 spiro atoms. The second-order valence-corrected chi connectivity index (χ2v) is 14.1. The molecule has 11 heteroatoms. The third-order valence-electron chi connectivity index (χ3n) is 7.66. The number of nitrogens with zero attached hydrogens (tertiary/aromatic N) is 5. The number of benzene rings is 2. The van der Waals surface area contributed by atoms with Gasteiger partial charge in [-0.3, -0.25) is 4.72 Å². The maximum atomic E-state index is 15.1. The van der Waals surface area contributed by atoms with Gasteiger partial charge in [0.25, 0.3) is 0 Å². The molecule has 2 aliphatic heterocycles. The molecule has 0 bridgehead atoms. The van der Waals surface area contributed by atoms with E-state index in [0.717, 1.165) is 49.4 Å². The Kier molecular flexibility index (Phi) is 7.62. The highest BCUT2D eigenvalue weighted by Gasteiger charge is 2.30. The van der Waals surface area contributed by atoms with Gasteiger partial charge in [-0.15, -0.1) is 0 Å². The molecule has 3 aromatic rings. The molecule has 1 fully saturated rings. The van der Waals surface area contributed by atoms with E-state index >= 15 is 4.39 Å². The summed E-state index contributed by atoms with van der Waals surface area (Å²) >= 11 is 0. The number of nitrogens with one attached hydrogen (secondary N) is 2. The molecule has 0 aliphatic carbocycles. The molecule has 5 rings (SSSR count). The van der Waals surface area contributed by atoms with Gasteiger partial charge in [-0.05, 0) is 90.5 Å². The van der Waals surface area contributed by atoms with E-state index in [9.17, 15) is 8.42 Å². The minimum atomic E-state index is -3.55. The molecule has 3 heterocycles. The van der Waals surface area contributed by atoms with Crippen LogP contribution < -0.4 is 19.8 Å². The number of hydrogen-bond acceptors (Lipinski definition) is 8. The van der Waals surface area contributed by atoms with Crippen molar-refractivity contribution in [2.45, 2.75) is 50.8 Å². The zero-order valence-corrected chi connectivity index (χ0v) is 24.6. The highest BCUT2D eigenvalue weighted by atomic mass is 32.2. The first kappa shape index (κ1) is 28.1. The predicted octanol–water partition coefficient (Wildman–Crippen LogP) is 5.12. The molecule has 2 aromatic carbocycles. The van der Waals surface area contributed by atoms with Crippen LogP contribution in [-0.2, 0) is 16.4 Å². The molecule has 0 amide bonds. The van der Waals surface area contributed by atoms with Gasteiger partial charge >= 0.3 is 0 Å². The average Bonchev–Trinajstić information content (AvgIpc) is 3.31. The summed E-state index contributed by atoms with van der Waals surface area (Å²) in [7, 11) is 0.635. The van der Waals surface area contributed by atoms with Crippen LogP contribution in [0.3, 0.4) is 0 Å². The van der Waals surface area contributed by atoms with Gasteiger partial charge in [-0.2, -0.15) is 4.98 Å². The Labute approximate surface area is 236 Å². The molecule has 0 radical (unpaired) electrons. The molecule has 2 aliphatic rings. The summed E-state index contributed by atoms with van der Waals surface area (Å²) in [4.78, 5) is 15.6. The number of rotatable bonds is 7. The fourth-order valence-electron chi connectivity index (χ4n) is 5.10. The largest absolute Gasteiger partial charge is 0.369 e. The third kappa shape index (κ3) is 5.85. The van der Waals surface area contributed by atoms with Crippen LogP contribution in [0.15, 0.2) is 48.7 Å². The van der Waals surface area contributed by atoms with Crippen LogP contribution in [0.5, 0.6) is 0 Å². The van der Waals surface area contributed by atoms with E-state index in [1.165, 1.54) is 6.07 Å². The van der Waals surface area contributed by atoms with Gasteiger partial charge in [0, 0.05) is 48.8 Å². The van der Waals surface area contributed by atoms with E-state index in [1.54, 1.807) is 33.0 Å². The topological polar surface area (TPSA) is 93.7 Å². The Morgan fingerprint density at radius 2 is 1.77 bits per heavy atom. The SMILES string of the molecule is CN(C)C1CCN(c2ccc(Nc3ncc4c(n3)N(c3cccc(NS(=O)(=O)C(C)(C)C)c3)CC4)cc2F)CC1. The Bertz CT molecular complexity index is 1480. The van der Waals surface area contributed by atoms with Gasteiger partial charge in [0.1, 0.15) is 11.6 Å². The Morgan fingerprint density at radius 3 is 2.45 bits per heavy atom. The molecule has 0 unspecified atom stereocenters. The summed E-state index contributed by atoms with van der Waals surface area (Å²) in [6, 6.07) is 13.0. The van der Waals surface area contributed by atoms with E-state index in [0.29, 0.717) is 35.6 Å². The third-order valence-corrected chi connectivity index (χ3v) is 9.77. The zero-order chi connectivity index (χ0) is 28.7. The minimum absolute atomic E-state index is 0.273. The number of piperidine rings is 1. The lowest BCUT2D eigenvalue weighted by Crippen LogP contribution is -2.42. The fraction of sp³-hybridized carbons (Fsp3) is 0.448. The van der Waals surface area contributed by atoms with Crippen LogP contribution in [0.1, 0.15) is 39.2 Å². The van der Waals surface area contributed by atoms with Crippen molar-refractivity contribution in [1.82, 2.24) is 14.9 Å². The first-order valence-electron chi connectivity index (χ1n) is 13.6. The normalized spacial score (nSPS) is 16.4. The Balaban J connectivity index is 1.31. The van der Waals surface area contributed by atoms with Gasteiger partial charge in [-0.25, -0.2) is 17.8 Å². The quantitative estimate of drug-likeness (QED) is 0.406. The van der Waals surface area contributed by atoms with Crippen molar-refractivity contribution in [3.8, 4) is 0 Å². The minimum Gasteiger partial charge on any atom is -0.369 e. The number of aromatic nitrogens is 2. The number of hydrogen-bond donors (Lipinski definition) is 2. The van der Waals surface area contributed by atoms with Gasteiger partial charge in [0.05, 0.1) is 16.1 Å².